The van der Waals surface area contributed by atoms with E-state index >= 15 is 0 Å². The Hall–Kier alpha value is -2.10. The van der Waals surface area contributed by atoms with Gasteiger partial charge in [-0.1, -0.05) is 12.1 Å². The van der Waals surface area contributed by atoms with Crippen LogP contribution in [0.25, 0.3) is 10.8 Å². The molecular weight excluding hydrogens is 223 g/mol. The molecule has 0 aliphatic rings. The van der Waals surface area contributed by atoms with Crippen molar-refractivity contribution in [2.45, 2.75) is 6.92 Å². The highest BCUT2D eigenvalue weighted by molar-refractivity contribution is 5.98. The number of phenols is 1. The molecule has 88 valence electrons. The molecule has 2 aromatic rings. The van der Waals surface area contributed by atoms with E-state index in [1.54, 1.807) is 13.0 Å². The maximum Gasteiger partial charge on any atom is 0.338 e. The quantitative estimate of drug-likeness (QED) is 0.813. The minimum absolute atomic E-state index is 0.112. The summed E-state index contributed by atoms with van der Waals surface area (Å²) in [6.07, 6.45) is 0. The highest BCUT2D eigenvalue weighted by Crippen LogP contribution is 2.29. The van der Waals surface area contributed by atoms with Gasteiger partial charge < -0.3 is 9.84 Å². The van der Waals surface area contributed by atoms with Gasteiger partial charge in [0.15, 0.2) is 0 Å². The zero-order valence-corrected chi connectivity index (χ0v) is 9.24. The lowest BCUT2D eigenvalue weighted by molar-refractivity contribution is 0.0526. The van der Waals surface area contributed by atoms with Gasteiger partial charge in [0.1, 0.15) is 11.6 Å². The van der Waals surface area contributed by atoms with Crippen molar-refractivity contribution >= 4 is 16.7 Å². The highest BCUT2D eigenvalue weighted by Gasteiger charge is 2.12. The normalized spacial score (nSPS) is 10.5. The van der Waals surface area contributed by atoms with Crippen molar-refractivity contribution < 1.29 is 19.0 Å². The molecule has 2 aromatic carbocycles. The van der Waals surface area contributed by atoms with E-state index in [1.165, 1.54) is 24.3 Å². The summed E-state index contributed by atoms with van der Waals surface area (Å²) in [4.78, 5) is 11.5. The highest BCUT2D eigenvalue weighted by atomic mass is 19.1. The van der Waals surface area contributed by atoms with Crippen LogP contribution in [-0.2, 0) is 4.74 Å². The van der Waals surface area contributed by atoms with Crippen molar-refractivity contribution in [3.8, 4) is 5.75 Å². The van der Waals surface area contributed by atoms with Crippen LogP contribution in [0.3, 0.4) is 0 Å². The van der Waals surface area contributed by atoms with Gasteiger partial charge in [0, 0.05) is 0 Å². The van der Waals surface area contributed by atoms with Gasteiger partial charge in [-0.2, -0.15) is 0 Å². The van der Waals surface area contributed by atoms with E-state index in [0.717, 1.165) is 0 Å². The number of fused-ring (bicyclic) bond motifs is 1. The Morgan fingerprint density at radius 3 is 2.88 bits per heavy atom. The molecule has 0 saturated carbocycles. The monoisotopic (exact) mass is 234 g/mol. The van der Waals surface area contributed by atoms with Gasteiger partial charge in [0.05, 0.1) is 17.6 Å². The second-order valence-corrected chi connectivity index (χ2v) is 3.55. The van der Waals surface area contributed by atoms with Crippen molar-refractivity contribution in [3.05, 3.63) is 41.7 Å². The fourth-order valence-electron chi connectivity index (χ4n) is 1.69. The van der Waals surface area contributed by atoms with Crippen molar-refractivity contribution in [3.63, 3.8) is 0 Å². The fourth-order valence-corrected chi connectivity index (χ4v) is 1.69. The average molecular weight is 234 g/mol. The minimum atomic E-state index is -0.533. The van der Waals surface area contributed by atoms with Crippen LogP contribution in [0.4, 0.5) is 4.39 Å². The molecule has 2 rings (SSSR count). The molecule has 0 bridgehead atoms. The van der Waals surface area contributed by atoms with Crippen LogP contribution in [0.5, 0.6) is 5.75 Å². The summed E-state index contributed by atoms with van der Waals surface area (Å²) >= 11 is 0. The number of halogens is 1. The molecule has 0 aliphatic carbocycles. The van der Waals surface area contributed by atoms with Crippen molar-refractivity contribution in [1.82, 2.24) is 0 Å². The average Bonchev–Trinajstić information content (AvgIpc) is 2.29. The van der Waals surface area contributed by atoms with E-state index in [-0.39, 0.29) is 23.3 Å². The van der Waals surface area contributed by atoms with Gasteiger partial charge in [-0.15, -0.1) is 0 Å². The molecule has 17 heavy (non-hydrogen) atoms. The smallest absolute Gasteiger partial charge is 0.338 e. The summed E-state index contributed by atoms with van der Waals surface area (Å²) < 4.78 is 18.3. The number of ether oxygens (including phenoxy) is 1. The third-order valence-electron chi connectivity index (χ3n) is 2.42. The van der Waals surface area contributed by atoms with E-state index in [9.17, 15) is 14.3 Å². The molecule has 3 nitrogen and oxygen atoms in total. The molecule has 0 atom stereocenters. The number of hydrogen-bond donors (Lipinski definition) is 1. The summed E-state index contributed by atoms with van der Waals surface area (Å²) in [6, 6.07) is 7.11. The van der Waals surface area contributed by atoms with Crippen molar-refractivity contribution in [1.29, 1.82) is 0 Å². The summed E-state index contributed by atoms with van der Waals surface area (Å²) in [7, 11) is 0. The van der Waals surface area contributed by atoms with E-state index in [2.05, 4.69) is 0 Å². The van der Waals surface area contributed by atoms with Gasteiger partial charge in [0.2, 0.25) is 0 Å². The lowest BCUT2D eigenvalue weighted by Gasteiger charge is -2.06. The number of carbonyl (C=O) groups is 1. The summed E-state index contributed by atoms with van der Waals surface area (Å²) in [5.41, 5.74) is 0.211. The van der Waals surface area contributed by atoms with Crippen LogP contribution in [-0.4, -0.2) is 17.7 Å². The third kappa shape index (κ3) is 2.06. The van der Waals surface area contributed by atoms with Gasteiger partial charge in [-0.05, 0) is 30.5 Å². The molecule has 0 unspecified atom stereocenters. The van der Waals surface area contributed by atoms with Gasteiger partial charge >= 0.3 is 5.97 Å². The standard InChI is InChI=1S/C13H11FO3/c1-2-17-13(16)9-6-8-4-3-5-10(14)12(8)11(15)7-9/h3-7,15H,2H2,1H3. The molecule has 0 spiro atoms. The van der Waals surface area contributed by atoms with Gasteiger partial charge in [0.25, 0.3) is 0 Å². The van der Waals surface area contributed by atoms with Crippen LogP contribution in [0.15, 0.2) is 30.3 Å². The topological polar surface area (TPSA) is 46.5 Å². The molecule has 0 heterocycles. The summed E-state index contributed by atoms with van der Waals surface area (Å²) in [5, 5.41) is 10.3. The van der Waals surface area contributed by atoms with E-state index in [4.69, 9.17) is 4.74 Å². The second kappa shape index (κ2) is 4.41. The Balaban J connectivity index is 2.60. The van der Waals surface area contributed by atoms with Gasteiger partial charge in [-0.3, -0.25) is 0 Å². The maximum absolute atomic E-state index is 13.5. The zero-order valence-electron chi connectivity index (χ0n) is 9.24. The van der Waals surface area contributed by atoms with E-state index in [0.29, 0.717) is 5.39 Å². The number of rotatable bonds is 2. The zero-order chi connectivity index (χ0) is 12.4. The molecular formula is C13H11FO3. The first-order valence-corrected chi connectivity index (χ1v) is 5.22. The molecule has 0 aliphatic heterocycles. The number of hydrogen-bond acceptors (Lipinski definition) is 3. The number of esters is 1. The molecule has 1 N–H and O–H groups in total. The first-order chi connectivity index (χ1) is 8.13. The van der Waals surface area contributed by atoms with Crippen molar-refractivity contribution in [2.24, 2.45) is 0 Å². The van der Waals surface area contributed by atoms with E-state index < -0.39 is 11.8 Å². The van der Waals surface area contributed by atoms with Crippen LogP contribution in [0, 0.1) is 5.82 Å². The fraction of sp³-hybridized carbons (Fsp3) is 0.154. The Morgan fingerprint density at radius 2 is 2.18 bits per heavy atom. The number of aromatic hydroxyl groups is 1. The molecule has 4 heteroatoms. The van der Waals surface area contributed by atoms with Crippen LogP contribution in [0.1, 0.15) is 17.3 Å². The SMILES string of the molecule is CCOC(=O)c1cc(O)c2c(F)cccc2c1. The largest absolute Gasteiger partial charge is 0.507 e. The lowest BCUT2D eigenvalue weighted by Crippen LogP contribution is -2.04. The molecule has 0 amide bonds. The predicted octanol–water partition coefficient (Wildman–Crippen LogP) is 2.86. The lowest BCUT2D eigenvalue weighted by atomic mass is 10.1. The van der Waals surface area contributed by atoms with Gasteiger partial charge in [-0.25, -0.2) is 9.18 Å². The first-order valence-electron chi connectivity index (χ1n) is 5.22. The Kier molecular flexibility index (Phi) is 2.95. The third-order valence-corrected chi connectivity index (χ3v) is 2.42. The number of carbonyl (C=O) groups excluding carboxylic acids is 1. The Labute approximate surface area is 97.4 Å². The van der Waals surface area contributed by atoms with Crippen LogP contribution in [0.2, 0.25) is 0 Å². The minimum Gasteiger partial charge on any atom is -0.507 e. The Bertz CT molecular complexity index is 578. The molecule has 0 saturated heterocycles. The first kappa shape index (κ1) is 11.4. The number of benzene rings is 2. The molecule has 0 aromatic heterocycles. The van der Waals surface area contributed by atoms with Crippen molar-refractivity contribution in [2.75, 3.05) is 6.61 Å². The number of phenolic OH excluding ortho intramolecular Hbond substituents is 1. The second-order valence-electron chi connectivity index (χ2n) is 3.55. The summed E-state index contributed by atoms with van der Waals surface area (Å²) in [5.74, 6) is -1.31. The van der Waals surface area contributed by atoms with Crippen LogP contribution < -0.4 is 0 Å². The predicted molar refractivity (Wildman–Crippen MR) is 61.5 cm³/mol. The van der Waals surface area contributed by atoms with Crippen LogP contribution >= 0.6 is 0 Å². The van der Waals surface area contributed by atoms with E-state index in [1.807, 2.05) is 0 Å². The molecule has 0 radical (unpaired) electrons. The Morgan fingerprint density at radius 1 is 1.41 bits per heavy atom. The maximum atomic E-state index is 13.5. The molecule has 0 fully saturated rings. The summed E-state index contributed by atoms with van der Waals surface area (Å²) in [6.45, 7) is 1.94.